The summed E-state index contributed by atoms with van der Waals surface area (Å²) >= 11 is 0. The number of urea groups is 1. The number of nitrogens with two attached hydrogens (primary N) is 1. The predicted octanol–water partition coefficient (Wildman–Crippen LogP) is 1.41. The van der Waals surface area contributed by atoms with E-state index in [9.17, 15) is 4.79 Å². The number of aliphatic imine (C=N–C) groups is 1. The first-order chi connectivity index (χ1) is 6.44. The molecular formula is C10H17N3O. The molecule has 0 atom stereocenters. The Balaban J connectivity index is 2.15. The minimum Gasteiger partial charge on any atom is -0.385 e. The van der Waals surface area contributed by atoms with Crippen LogP contribution in [0.15, 0.2) is 4.99 Å². The van der Waals surface area contributed by atoms with Crippen molar-refractivity contribution in [2.24, 2.45) is 16.1 Å². The van der Waals surface area contributed by atoms with Crippen LogP contribution in [0.25, 0.3) is 0 Å². The minimum absolute atomic E-state index is 0.276. The van der Waals surface area contributed by atoms with E-state index < -0.39 is 0 Å². The average molecular weight is 195 g/mol. The van der Waals surface area contributed by atoms with Gasteiger partial charge in [0.2, 0.25) is 0 Å². The van der Waals surface area contributed by atoms with E-state index in [1.54, 1.807) is 0 Å². The van der Waals surface area contributed by atoms with Crippen LogP contribution in [0.3, 0.4) is 0 Å². The van der Waals surface area contributed by atoms with Crippen LogP contribution in [-0.4, -0.2) is 17.4 Å². The second-order valence-corrected chi connectivity index (χ2v) is 5.17. The Kier molecular flexibility index (Phi) is 1.84. The monoisotopic (exact) mass is 195 g/mol. The molecule has 1 fully saturated rings. The molecule has 78 valence electrons. The molecule has 1 aliphatic heterocycles. The van der Waals surface area contributed by atoms with E-state index in [0.29, 0.717) is 11.3 Å². The van der Waals surface area contributed by atoms with Crippen LogP contribution >= 0.6 is 0 Å². The molecule has 3 N–H and O–H groups in total. The normalized spacial score (nSPS) is 28.7. The molecule has 0 aromatic carbocycles. The molecule has 4 heteroatoms. The van der Waals surface area contributed by atoms with Gasteiger partial charge >= 0.3 is 6.03 Å². The molecule has 0 aromatic rings. The van der Waals surface area contributed by atoms with Crippen molar-refractivity contribution in [1.82, 2.24) is 5.32 Å². The Hall–Kier alpha value is -1.06. The van der Waals surface area contributed by atoms with Crippen molar-refractivity contribution in [2.45, 2.75) is 45.1 Å². The van der Waals surface area contributed by atoms with Crippen LogP contribution in [-0.2, 0) is 0 Å². The maximum Gasteiger partial charge on any atom is 0.343 e. The van der Waals surface area contributed by atoms with Crippen molar-refractivity contribution in [3.8, 4) is 0 Å². The largest absolute Gasteiger partial charge is 0.385 e. The van der Waals surface area contributed by atoms with Gasteiger partial charge in [0.1, 0.15) is 5.84 Å². The first-order valence-corrected chi connectivity index (χ1v) is 5.10. The number of nitrogens with one attached hydrogen (secondary N) is 1. The van der Waals surface area contributed by atoms with E-state index in [0.717, 1.165) is 25.7 Å². The molecule has 0 aromatic heterocycles. The lowest BCUT2D eigenvalue weighted by atomic mass is 9.69. The van der Waals surface area contributed by atoms with E-state index in [2.05, 4.69) is 24.2 Å². The fourth-order valence-corrected chi connectivity index (χ4v) is 2.25. The average Bonchev–Trinajstić information content (AvgIpc) is 2.35. The van der Waals surface area contributed by atoms with E-state index in [1.165, 1.54) is 0 Å². The van der Waals surface area contributed by atoms with Crippen molar-refractivity contribution in [3.63, 3.8) is 0 Å². The van der Waals surface area contributed by atoms with Crippen LogP contribution in [0.1, 0.15) is 39.5 Å². The summed E-state index contributed by atoms with van der Waals surface area (Å²) in [5.74, 6) is 0.484. The highest BCUT2D eigenvalue weighted by atomic mass is 16.2. The van der Waals surface area contributed by atoms with Crippen molar-refractivity contribution in [1.29, 1.82) is 0 Å². The van der Waals surface area contributed by atoms with Crippen molar-refractivity contribution in [3.05, 3.63) is 0 Å². The Morgan fingerprint density at radius 1 is 1.29 bits per heavy atom. The molecule has 1 saturated carbocycles. The zero-order valence-corrected chi connectivity index (χ0v) is 8.76. The standard InChI is InChI=1S/C10H17N3O/c1-9(2)3-5-10(6-4-9)7(11)12-8(14)13-10/h3-6H2,1-2H3,(H3,11,12,13,14). The number of carbonyl (C=O) groups is 1. The van der Waals surface area contributed by atoms with Gasteiger partial charge in [0.05, 0.1) is 5.54 Å². The van der Waals surface area contributed by atoms with Crippen LogP contribution in [0, 0.1) is 5.41 Å². The quantitative estimate of drug-likeness (QED) is 0.613. The number of hydrogen-bond acceptors (Lipinski definition) is 2. The molecular weight excluding hydrogens is 178 g/mol. The summed E-state index contributed by atoms with van der Waals surface area (Å²) in [4.78, 5) is 14.9. The van der Waals surface area contributed by atoms with Gasteiger partial charge in [-0.2, -0.15) is 4.99 Å². The highest BCUT2D eigenvalue weighted by Crippen LogP contribution is 2.41. The maximum atomic E-state index is 11.1. The summed E-state index contributed by atoms with van der Waals surface area (Å²) in [5.41, 5.74) is 5.85. The molecule has 2 rings (SSSR count). The Bertz CT molecular complexity index is 296. The number of amidine groups is 1. The summed E-state index contributed by atoms with van der Waals surface area (Å²) < 4.78 is 0. The van der Waals surface area contributed by atoms with Crippen molar-refractivity contribution >= 4 is 11.9 Å². The lowest BCUT2D eigenvalue weighted by molar-refractivity contribution is 0.182. The third-order valence-corrected chi connectivity index (χ3v) is 3.52. The Labute approximate surface area is 84.0 Å². The number of carbonyl (C=O) groups excluding carboxylic acids is 1. The molecule has 4 nitrogen and oxygen atoms in total. The summed E-state index contributed by atoms with van der Waals surface area (Å²) in [5, 5.41) is 2.89. The summed E-state index contributed by atoms with van der Waals surface area (Å²) in [7, 11) is 0. The fourth-order valence-electron chi connectivity index (χ4n) is 2.25. The number of hydrogen-bond donors (Lipinski definition) is 2. The molecule has 1 spiro atoms. The van der Waals surface area contributed by atoms with Gasteiger partial charge in [0.15, 0.2) is 0 Å². The summed E-state index contributed by atoms with van der Waals surface area (Å²) in [6.45, 7) is 4.51. The Morgan fingerprint density at radius 2 is 1.86 bits per heavy atom. The van der Waals surface area contributed by atoms with Gasteiger partial charge in [0.25, 0.3) is 0 Å². The zero-order valence-electron chi connectivity index (χ0n) is 8.76. The first kappa shape index (κ1) is 9.49. The van der Waals surface area contributed by atoms with Crippen LogP contribution in [0.2, 0.25) is 0 Å². The predicted molar refractivity (Wildman–Crippen MR) is 55.1 cm³/mol. The molecule has 2 amide bonds. The third-order valence-electron chi connectivity index (χ3n) is 3.52. The highest BCUT2D eigenvalue weighted by Gasteiger charge is 2.45. The van der Waals surface area contributed by atoms with Gasteiger partial charge in [0, 0.05) is 0 Å². The lowest BCUT2D eigenvalue weighted by Gasteiger charge is -2.40. The minimum atomic E-state index is -0.313. The van der Waals surface area contributed by atoms with E-state index in [1.807, 2.05) is 0 Å². The molecule has 14 heavy (non-hydrogen) atoms. The van der Waals surface area contributed by atoms with Crippen LogP contribution in [0.4, 0.5) is 4.79 Å². The SMILES string of the molecule is CC1(C)CCC2(CC1)NC(=O)N=C2N. The van der Waals surface area contributed by atoms with Gasteiger partial charge in [-0.3, -0.25) is 0 Å². The van der Waals surface area contributed by atoms with Gasteiger partial charge in [-0.05, 0) is 31.1 Å². The van der Waals surface area contributed by atoms with Gasteiger partial charge < -0.3 is 11.1 Å². The molecule has 1 aliphatic carbocycles. The van der Waals surface area contributed by atoms with E-state index in [4.69, 9.17) is 5.73 Å². The molecule has 0 radical (unpaired) electrons. The van der Waals surface area contributed by atoms with Crippen LogP contribution in [0.5, 0.6) is 0 Å². The topological polar surface area (TPSA) is 67.5 Å². The van der Waals surface area contributed by atoms with Gasteiger partial charge in [-0.1, -0.05) is 13.8 Å². The fraction of sp³-hybridized carbons (Fsp3) is 0.800. The highest BCUT2D eigenvalue weighted by molar-refractivity contribution is 6.05. The van der Waals surface area contributed by atoms with E-state index in [-0.39, 0.29) is 11.6 Å². The second kappa shape index (κ2) is 2.72. The second-order valence-electron chi connectivity index (χ2n) is 5.17. The summed E-state index contributed by atoms with van der Waals surface area (Å²) in [6, 6.07) is -0.276. The smallest absolute Gasteiger partial charge is 0.343 e. The first-order valence-electron chi connectivity index (χ1n) is 5.10. The van der Waals surface area contributed by atoms with Gasteiger partial charge in [-0.15, -0.1) is 0 Å². The zero-order chi connectivity index (χ0) is 10.4. The van der Waals surface area contributed by atoms with Gasteiger partial charge in [-0.25, -0.2) is 4.79 Å². The molecule has 1 heterocycles. The van der Waals surface area contributed by atoms with Crippen molar-refractivity contribution < 1.29 is 4.79 Å². The molecule has 0 bridgehead atoms. The van der Waals surface area contributed by atoms with Crippen LogP contribution < -0.4 is 11.1 Å². The lowest BCUT2D eigenvalue weighted by Crippen LogP contribution is -2.54. The number of amides is 2. The third kappa shape index (κ3) is 1.38. The molecule has 0 unspecified atom stereocenters. The molecule has 0 saturated heterocycles. The molecule has 2 aliphatic rings. The van der Waals surface area contributed by atoms with E-state index >= 15 is 0 Å². The Morgan fingerprint density at radius 3 is 2.29 bits per heavy atom. The van der Waals surface area contributed by atoms with Crippen molar-refractivity contribution in [2.75, 3.05) is 0 Å². The summed E-state index contributed by atoms with van der Waals surface area (Å²) in [6.07, 6.45) is 4.01. The number of nitrogens with zero attached hydrogens (tertiary/aromatic N) is 1. The maximum absolute atomic E-state index is 11.1. The number of rotatable bonds is 0.